The first-order valence-corrected chi connectivity index (χ1v) is 23.2. The summed E-state index contributed by atoms with van der Waals surface area (Å²) in [6, 6.07) is 0.573. The van der Waals surface area contributed by atoms with Crippen LogP contribution in [0.1, 0.15) is 145 Å². The normalized spacial score (nSPS) is 34.6. The fourth-order valence-corrected chi connectivity index (χ4v) is 12.4. The number of rotatable bonds is 24. The maximum atomic E-state index is 11.9. The lowest BCUT2D eigenvalue weighted by Gasteiger charge is -2.62. The molecule has 4 fully saturated rings. The van der Waals surface area contributed by atoms with E-state index in [2.05, 4.69) is 55.9 Å². The molecule has 0 radical (unpaired) electrons. The van der Waals surface area contributed by atoms with Crippen LogP contribution in [0.15, 0.2) is 0 Å². The summed E-state index contributed by atoms with van der Waals surface area (Å²) in [5.74, 6) is 3.98. The van der Waals surface area contributed by atoms with Crippen LogP contribution >= 0.6 is 0 Å². The van der Waals surface area contributed by atoms with Crippen molar-refractivity contribution in [1.29, 1.82) is 0 Å². The monoisotopic (exact) mass is 755 g/mol. The summed E-state index contributed by atoms with van der Waals surface area (Å²) in [6.45, 7) is 23.6. The zero-order valence-corrected chi connectivity index (χ0v) is 35.3. The standard InChI is InChI=1S/C42H82N4O5S/c1-30(2)18-27-45-24-10-23-43-21-8-9-22-44-25-11-26-46-34-16-19-41(6)33(28-34)29-38(47)40-36-14-13-35(42(36,7)20-17-37(40)41)32(5)12-15-39(31(3)4)51-52(48,49)50/h30-40,43-47H,8-29H2,1-7H3,(H,48,49,50)/t32-,33+,34+,35-,36?,37?,38+,39-,40?,41+,42-/m1/s1. The van der Waals surface area contributed by atoms with Crippen molar-refractivity contribution in [2.24, 2.45) is 58.2 Å². The molecule has 10 heteroatoms. The Morgan fingerprint density at radius 2 is 1.31 bits per heavy atom. The van der Waals surface area contributed by atoms with Crippen molar-refractivity contribution in [3.05, 3.63) is 0 Å². The van der Waals surface area contributed by atoms with E-state index in [0.717, 1.165) is 64.6 Å². The fourth-order valence-electron chi connectivity index (χ4n) is 11.8. The molecule has 6 N–H and O–H groups in total. The maximum Gasteiger partial charge on any atom is 0.397 e. The van der Waals surface area contributed by atoms with Gasteiger partial charge in [0, 0.05) is 6.04 Å². The van der Waals surface area contributed by atoms with E-state index in [1.807, 2.05) is 13.8 Å². The van der Waals surface area contributed by atoms with Gasteiger partial charge in [0.1, 0.15) is 0 Å². The molecule has 0 spiro atoms. The van der Waals surface area contributed by atoms with Crippen LogP contribution in [-0.4, -0.2) is 82.1 Å². The molecule has 0 aromatic rings. The van der Waals surface area contributed by atoms with Gasteiger partial charge in [-0.1, -0.05) is 48.5 Å². The van der Waals surface area contributed by atoms with Crippen LogP contribution < -0.4 is 21.3 Å². The van der Waals surface area contributed by atoms with Crippen molar-refractivity contribution in [2.45, 2.75) is 163 Å². The Labute approximate surface area is 320 Å². The van der Waals surface area contributed by atoms with Crippen molar-refractivity contribution < 1.29 is 22.3 Å². The molecule has 0 saturated heterocycles. The molecule has 0 aliphatic heterocycles. The molecule has 52 heavy (non-hydrogen) atoms. The van der Waals surface area contributed by atoms with Crippen molar-refractivity contribution in [1.82, 2.24) is 21.3 Å². The van der Waals surface area contributed by atoms with Crippen LogP contribution in [0, 0.1) is 58.2 Å². The lowest BCUT2D eigenvalue weighted by molar-refractivity contribution is -0.167. The minimum Gasteiger partial charge on any atom is -0.393 e. The number of hydrogen-bond donors (Lipinski definition) is 6. The summed E-state index contributed by atoms with van der Waals surface area (Å²) in [6.07, 6.45) is 16.5. The SMILES string of the molecule is CC(C)CCNCCCNCCCCNCCCN[C@H]1CC[C@]2(C)C3CC[C@@]4(C)C(CC[C@@H]4[C@H](C)CC[C@@H](OS(=O)(=O)O)C(C)C)C3[C@@H](O)C[C@@H]2C1. The van der Waals surface area contributed by atoms with Gasteiger partial charge in [-0.2, -0.15) is 8.42 Å². The van der Waals surface area contributed by atoms with Crippen molar-refractivity contribution in [2.75, 3.05) is 45.8 Å². The van der Waals surface area contributed by atoms with Gasteiger partial charge in [-0.3, -0.25) is 4.55 Å². The summed E-state index contributed by atoms with van der Waals surface area (Å²) in [5.41, 5.74) is 0.543. The molecular weight excluding hydrogens is 673 g/mol. The quantitative estimate of drug-likeness (QED) is 0.0447. The Morgan fingerprint density at radius 1 is 0.712 bits per heavy atom. The van der Waals surface area contributed by atoms with Crippen LogP contribution in [0.5, 0.6) is 0 Å². The van der Waals surface area contributed by atoms with Gasteiger partial charge >= 0.3 is 10.4 Å². The van der Waals surface area contributed by atoms with Crippen LogP contribution in [0.2, 0.25) is 0 Å². The Hall–Kier alpha value is -0.330. The predicted molar refractivity (Wildman–Crippen MR) is 215 cm³/mol. The minimum atomic E-state index is -4.46. The van der Waals surface area contributed by atoms with E-state index in [9.17, 15) is 18.1 Å². The zero-order chi connectivity index (χ0) is 37.9. The summed E-state index contributed by atoms with van der Waals surface area (Å²) in [5, 5.41) is 26.6. The van der Waals surface area contributed by atoms with E-state index in [1.54, 1.807) is 0 Å². The van der Waals surface area contributed by atoms with E-state index in [1.165, 1.54) is 77.0 Å². The van der Waals surface area contributed by atoms with Gasteiger partial charge in [-0.25, -0.2) is 4.18 Å². The average Bonchev–Trinajstić information content (AvgIpc) is 3.43. The highest BCUT2D eigenvalue weighted by molar-refractivity contribution is 7.80. The highest BCUT2D eigenvalue weighted by Gasteiger charge is 2.62. The molecule has 4 saturated carbocycles. The van der Waals surface area contributed by atoms with Crippen molar-refractivity contribution >= 4 is 10.4 Å². The molecule has 4 aliphatic rings. The zero-order valence-electron chi connectivity index (χ0n) is 34.4. The molecule has 0 bridgehead atoms. The molecule has 0 amide bonds. The Kier molecular flexibility index (Phi) is 17.7. The first-order chi connectivity index (χ1) is 24.7. The number of hydrogen-bond acceptors (Lipinski definition) is 8. The second kappa shape index (κ2) is 20.7. The van der Waals surface area contributed by atoms with Crippen LogP contribution in [0.4, 0.5) is 0 Å². The summed E-state index contributed by atoms with van der Waals surface area (Å²) >= 11 is 0. The molecule has 0 heterocycles. The van der Waals surface area contributed by atoms with Gasteiger partial charge in [0.2, 0.25) is 0 Å². The van der Waals surface area contributed by atoms with Crippen LogP contribution in [-0.2, 0) is 14.6 Å². The number of nitrogens with one attached hydrogen (secondary N) is 4. The lowest BCUT2D eigenvalue weighted by Crippen LogP contribution is -2.59. The number of fused-ring (bicyclic) bond motifs is 5. The number of aliphatic hydroxyl groups is 1. The van der Waals surface area contributed by atoms with E-state index in [4.69, 9.17) is 4.18 Å². The second-order valence-corrected chi connectivity index (χ2v) is 20.2. The molecule has 3 unspecified atom stereocenters. The first-order valence-electron chi connectivity index (χ1n) is 21.8. The summed E-state index contributed by atoms with van der Waals surface area (Å²) < 4.78 is 37.3. The molecular formula is C42H82N4O5S. The van der Waals surface area contributed by atoms with Gasteiger partial charge in [-0.05, 0) is 200 Å². The van der Waals surface area contributed by atoms with E-state index < -0.39 is 16.5 Å². The van der Waals surface area contributed by atoms with Gasteiger partial charge in [0.05, 0.1) is 12.2 Å². The molecule has 306 valence electrons. The van der Waals surface area contributed by atoms with E-state index >= 15 is 0 Å². The van der Waals surface area contributed by atoms with Crippen LogP contribution in [0.25, 0.3) is 0 Å². The highest BCUT2D eigenvalue weighted by atomic mass is 32.3. The number of aliphatic hydroxyl groups excluding tert-OH is 1. The molecule has 11 atom stereocenters. The van der Waals surface area contributed by atoms with Gasteiger partial charge in [0.25, 0.3) is 0 Å². The number of unbranched alkanes of at least 4 members (excludes halogenated alkanes) is 1. The summed E-state index contributed by atoms with van der Waals surface area (Å²) in [4.78, 5) is 0. The first kappa shape index (κ1) is 44.4. The minimum absolute atomic E-state index is 0.0139. The highest BCUT2D eigenvalue weighted by Crippen LogP contribution is 2.68. The fraction of sp³-hybridized carbons (Fsp3) is 1.00. The Morgan fingerprint density at radius 3 is 1.94 bits per heavy atom. The van der Waals surface area contributed by atoms with Crippen LogP contribution in [0.3, 0.4) is 0 Å². The van der Waals surface area contributed by atoms with Gasteiger partial charge in [0.15, 0.2) is 0 Å². The average molecular weight is 755 g/mol. The largest absolute Gasteiger partial charge is 0.397 e. The Balaban J connectivity index is 1.13. The summed E-state index contributed by atoms with van der Waals surface area (Å²) in [7, 11) is -4.46. The van der Waals surface area contributed by atoms with Crippen molar-refractivity contribution in [3.8, 4) is 0 Å². The molecule has 0 aromatic heterocycles. The third kappa shape index (κ3) is 12.3. The molecule has 9 nitrogen and oxygen atoms in total. The smallest absolute Gasteiger partial charge is 0.393 e. The third-order valence-corrected chi connectivity index (χ3v) is 15.4. The molecule has 0 aromatic carbocycles. The van der Waals surface area contributed by atoms with Gasteiger partial charge < -0.3 is 26.4 Å². The Bertz CT molecular complexity index is 1140. The lowest BCUT2D eigenvalue weighted by atomic mass is 9.43. The third-order valence-electron chi connectivity index (χ3n) is 14.9. The topological polar surface area (TPSA) is 132 Å². The van der Waals surface area contributed by atoms with E-state index in [-0.39, 0.29) is 17.4 Å². The van der Waals surface area contributed by atoms with Gasteiger partial charge in [-0.15, -0.1) is 0 Å². The van der Waals surface area contributed by atoms with Crippen molar-refractivity contribution in [3.63, 3.8) is 0 Å². The predicted octanol–water partition coefficient (Wildman–Crippen LogP) is 7.21. The second-order valence-electron chi connectivity index (χ2n) is 19.2. The maximum absolute atomic E-state index is 11.9. The molecule has 4 aliphatic carbocycles. The molecule has 4 rings (SSSR count). The van der Waals surface area contributed by atoms with E-state index in [0.29, 0.717) is 53.4 Å².